The minimum atomic E-state index is 0.0119. The molecule has 0 saturated heterocycles. The van der Waals surface area contributed by atoms with Crippen LogP contribution in [0.1, 0.15) is 71.6 Å². The summed E-state index contributed by atoms with van der Waals surface area (Å²) in [6.45, 7) is 4.84. The fourth-order valence-corrected chi connectivity index (χ4v) is 8.13. The molecule has 134 valence electrons. The third-order valence-corrected chi connectivity index (χ3v) is 9.46. The highest BCUT2D eigenvalue weighted by atomic mass is 16.1. The lowest BCUT2D eigenvalue weighted by Crippen LogP contribution is -2.52. The summed E-state index contributed by atoms with van der Waals surface area (Å²) in [5.41, 5.74) is 1.69. The molecule has 2 nitrogen and oxygen atoms in total. The molecule has 6 atom stereocenters. The molecular weight excluding hydrogens is 308 g/mol. The summed E-state index contributed by atoms with van der Waals surface area (Å²) < 4.78 is 0. The average Bonchev–Trinajstić information content (AvgIpc) is 3.10. The summed E-state index contributed by atoms with van der Waals surface area (Å²) in [4.78, 5) is 24.7. The molecule has 25 heavy (non-hydrogen) atoms. The van der Waals surface area contributed by atoms with Crippen molar-refractivity contribution in [3.63, 3.8) is 0 Å². The second-order valence-electron chi connectivity index (χ2n) is 9.96. The van der Waals surface area contributed by atoms with Gasteiger partial charge in [-0.25, -0.2) is 0 Å². The van der Waals surface area contributed by atoms with Crippen LogP contribution in [0.2, 0.25) is 0 Å². The number of Topliss-reactive ketones (excluding diaryl/α,β-unsaturated/α-hetero) is 1. The highest BCUT2D eigenvalue weighted by Crippen LogP contribution is 2.71. The molecule has 0 aromatic rings. The summed E-state index contributed by atoms with van der Waals surface area (Å²) in [6.07, 6.45) is 16.1. The molecule has 0 heterocycles. The van der Waals surface area contributed by atoms with Crippen LogP contribution in [0, 0.1) is 34.0 Å². The van der Waals surface area contributed by atoms with E-state index in [9.17, 15) is 9.59 Å². The Balaban J connectivity index is 1.52. The van der Waals surface area contributed by atoms with Gasteiger partial charge in [0.05, 0.1) is 0 Å². The molecule has 0 aliphatic heterocycles. The molecule has 4 saturated carbocycles. The lowest BCUT2D eigenvalue weighted by molar-refractivity contribution is -0.137. The molecule has 0 amide bonds. The van der Waals surface area contributed by atoms with Crippen LogP contribution >= 0.6 is 0 Å². The minimum absolute atomic E-state index is 0.0119. The number of allylic oxidation sites excluding steroid dienone is 4. The van der Waals surface area contributed by atoms with Crippen molar-refractivity contribution in [2.24, 2.45) is 34.0 Å². The fraction of sp³-hybridized carbons (Fsp3) is 0.739. The molecule has 2 heteroatoms. The van der Waals surface area contributed by atoms with E-state index in [0.717, 1.165) is 38.0 Å². The Kier molecular flexibility index (Phi) is 3.18. The number of rotatable bonds is 0. The molecule has 5 rings (SSSR count). The molecule has 1 spiro atoms. The van der Waals surface area contributed by atoms with E-state index in [1.807, 2.05) is 6.08 Å². The molecular formula is C23H30O2. The molecule has 5 aliphatic rings. The minimum Gasteiger partial charge on any atom is -0.299 e. The monoisotopic (exact) mass is 338 g/mol. The van der Waals surface area contributed by atoms with Crippen molar-refractivity contribution in [3.05, 3.63) is 23.8 Å². The van der Waals surface area contributed by atoms with Crippen molar-refractivity contribution in [1.29, 1.82) is 0 Å². The second kappa shape index (κ2) is 4.96. The van der Waals surface area contributed by atoms with E-state index in [1.54, 1.807) is 6.08 Å². The van der Waals surface area contributed by atoms with Gasteiger partial charge in [-0.05, 0) is 86.7 Å². The first kappa shape index (κ1) is 16.0. The quantitative estimate of drug-likeness (QED) is 0.620. The van der Waals surface area contributed by atoms with E-state index in [2.05, 4.69) is 19.9 Å². The fourth-order valence-electron chi connectivity index (χ4n) is 8.13. The number of ketones is 2. The molecule has 0 aromatic heterocycles. The summed E-state index contributed by atoms with van der Waals surface area (Å²) in [5, 5.41) is 0. The van der Waals surface area contributed by atoms with Crippen LogP contribution in [0.5, 0.6) is 0 Å². The van der Waals surface area contributed by atoms with E-state index in [-0.39, 0.29) is 22.0 Å². The van der Waals surface area contributed by atoms with Crippen LogP contribution in [0.25, 0.3) is 0 Å². The van der Waals surface area contributed by atoms with E-state index < -0.39 is 0 Å². The first-order chi connectivity index (χ1) is 11.9. The van der Waals surface area contributed by atoms with Gasteiger partial charge in [-0.1, -0.05) is 25.5 Å². The Hall–Kier alpha value is -1.18. The lowest BCUT2D eigenvalue weighted by atomic mass is 9.45. The molecule has 0 radical (unpaired) electrons. The third kappa shape index (κ3) is 1.82. The topological polar surface area (TPSA) is 34.1 Å². The van der Waals surface area contributed by atoms with Crippen LogP contribution in [-0.4, -0.2) is 11.6 Å². The van der Waals surface area contributed by atoms with Gasteiger partial charge in [-0.3, -0.25) is 9.59 Å². The van der Waals surface area contributed by atoms with Crippen LogP contribution < -0.4 is 0 Å². The van der Waals surface area contributed by atoms with Crippen molar-refractivity contribution in [2.45, 2.75) is 71.6 Å². The van der Waals surface area contributed by atoms with Crippen molar-refractivity contribution in [1.82, 2.24) is 0 Å². The predicted octanol–water partition coefficient (Wildman–Crippen LogP) is 5.03. The van der Waals surface area contributed by atoms with Gasteiger partial charge in [0.15, 0.2) is 5.78 Å². The number of hydrogen-bond donors (Lipinski definition) is 0. The van der Waals surface area contributed by atoms with Crippen LogP contribution in [-0.2, 0) is 9.59 Å². The van der Waals surface area contributed by atoms with E-state index in [1.165, 1.54) is 31.3 Å². The van der Waals surface area contributed by atoms with Crippen molar-refractivity contribution < 1.29 is 9.59 Å². The molecule has 5 aliphatic carbocycles. The Bertz CT molecular complexity index is 716. The maximum atomic E-state index is 12.9. The van der Waals surface area contributed by atoms with Gasteiger partial charge < -0.3 is 0 Å². The van der Waals surface area contributed by atoms with Gasteiger partial charge >= 0.3 is 0 Å². The van der Waals surface area contributed by atoms with Crippen molar-refractivity contribution in [3.8, 4) is 0 Å². The van der Waals surface area contributed by atoms with Crippen LogP contribution in [0.15, 0.2) is 23.8 Å². The largest absolute Gasteiger partial charge is 0.299 e. The number of carbonyl (C=O) groups excluding carboxylic acids is 2. The zero-order valence-corrected chi connectivity index (χ0v) is 15.6. The summed E-state index contributed by atoms with van der Waals surface area (Å²) in [7, 11) is 0. The van der Waals surface area contributed by atoms with Crippen molar-refractivity contribution >= 4 is 11.6 Å². The highest BCUT2D eigenvalue weighted by molar-refractivity contribution is 6.01. The average molecular weight is 338 g/mol. The van der Waals surface area contributed by atoms with E-state index in [0.29, 0.717) is 17.6 Å². The first-order valence-electron chi connectivity index (χ1n) is 10.4. The lowest BCUT2D eigenvalue weighted by Gasteiger charge is -2.58. The van der Waals surface area contributed by atoms with Gasteiger partial charge in [-0.15, -0.1) is 0 Å². The van der Waals surface area contributed by atoms with Crippen LogP contribution in [0.3, 0.4) is 0 Å². The smallest absolute Gasteiger partial charge is 0.178 e. The maximum absolute atomic E-state index is 12.9. The second-order valence-corrected chi connectivity index (χ2v) is 9.96. The molecule has 0 N–H and O–H groups in total. The zero-order valence-electron chi connectivity index (χ0n) is 15.6. The summed E-state index contributed by atoms with van der Waals surface area (Å²) in [6, 6.07) is 0. The number of carbonyl (C=O) groups is 2. The van der Waals surface area contributed by atoms with Gasteiger partial charge in [0, 0.05) is 17.3 Å². The molecule has 4 fully saturated rings. The van der Waals surface area contributed by atoms with Gasteiger partial charge in [0.2, 0.25) is 0 Å². The summed E-state index contributed by atoms with van der Waals surface area (Å²) in [5.74, 6) is 2.84. The predicted molar refractivity (Wildman–Crippen MR) is 97.9 cm³/mol. The van der Waals surface area contributed by atoms with Gasteiger partial charge in [0.25, 0.3) is 0 Å². The van der Waals surface area contributed by atoms with E-state index in [4.69, 9.17) is 0 Å². The Labute approximate surface area is 151 Å². The van der Waals surface area contributed by atoms with E-state index >= 15 is 0 Å². The standard InChI is InChI=1S/C23H30O2/c1-21-11-7-16(24)14-15(21)5-6-17-18(21)8-12-22(2)19(17)9-13-23(22)10-3-4-20(23)25/h7,11,14,17-19H,3-6,8-10,12-13H2,1-2H3/t17?,18?,19?,21?,22?,23-/m1/s1. The Morgan fingerprint density at radius 3 is 2.52 bits per heavy atom. The molecule has 0 bridgehead atoms. The number of hydrogen-bond acceptors (Lipinski definition) is 2. The molecule has 0 aromatic carbocycles. The Morgan fingerprint density at radius 2 is 1.76 bits per heavy atom. The SMILES string of the molecule is CC12C=CC(=O)C=C1CCC1C2CCC2(C)C1CC[C@@]21CCCC1=O. The first-order valence-corrected chi connectivity index (χ1v) is 10.4. The highest BCUT2D eigenvalue weighted by Gasteiger charge is 2.66. The van der Waals surface area contributed by atoms with Gasteiger partial charge in [0.1, 0.15) is 5.78 Å². The van der Waals surface area contributed by atoms with Crippen LogP contribution in [0.4, 0.5) is 0 Å². The van der Waals surface area contributed by atoms with Gasteiger partial charge in [-0.2, -0.15) is 0 Å². The molecule has 5 unspecified atom stereocenters. The zero-order chi connectivity index (χ0) is 17.4. The summed E-state index contributed by atoms with van der Waals surface area (Å²) >= 11 is 0. The number of fused-ring (bicyclic) bond motifs is 6. The third-order valence-electron chi connectivity index (χ3n) is 9.46. The van der Waals surface area contributed by atoms with Crippen molar-refractivity contribution in [2.75, 3.05) is 0 Å². The normalized spacial score (nSPS) is 51.3. The Morgan fingerprint density at radius 1 is 0.960 bits per heavy atom. The maximum Gasteiger partial charge on any atom is 0.178 e.